The van der Waals surface area contributed by atoms with Crippen LogP contribution in [0.5, 0.6) is 0 Å². The summed E-state index contributed by atoms with van der Waals surface area (Å²) in [7, 11) is 0. The predicted octanol–water partition coefficient (Wildman–Crippen LogP) is 1.95. The van der Waals surface area contributed by atoms with Crippen LogP contribution in [-0.4, -0.2) is 19.2 Å². The van der Waals surface area contributed by atoms with E-state index in [4.69, 9.17) is 5.73 Å². The number of aromatic nitrogens is 4. The van der Waals surface area contributed by atoms with Gasteiger partial charge in [0, 0.05) is 11.5 Å². The molecule has 6 nitrogen and oxygen atoms in total. The van der Waals surface area contributed by atoms with Crippen LogP contribution in [0.1, 0.15) is 5.56 Å². The zero-order chi connectivity index (χ0) is 16.8. The van der Waals surface area contributed by atoms with E-state index in [1.807, 2.05) is 30.3 Å². The van der Waals surface area contributed by atoms with E-state index in [2.05, 4.69) is 10.1 Å². The normalized spacial score (nSPS) is 11.4. The van der Waals surface area contributed by atoms with Crippen LogP contribution in [0.3, 0.4) is 0 Å². The fourth-order valence-electron chi connectivity index (χ4n) is 2.63. The van der Waals surface area contributed by atoms with Crippen molar-refractivity contribution in [2.75, 3.05) is 5.73 Å². The number of nitrogen functional groups attached to an aromatic ring is 1. The van der Waals surface area contributed by atoms with E-state index in [-0.39, 0.29) is 29.0 Å². The summed E-state index contributed by atoms with van der Waals surface area (Å²) in [6, 6.07) is 11.2. The fraction of sp³-hybridized carbons (Fsp3) is 0.0625. The lowest BCUT2D eigenvalue weighted by molar-refractivity contribution is 0.510. The Morgan fingerprint density at radius 3 is 2.54 bits per heavy atom. The summed E-state index contributed by atoms with van der Waals surface area (Å²) in [6.45, 7) is 0.228. The second kappa shape index (κ2) is 5.12. The Morgan fingerprint density at radius 2 is 1.79 bits per heavy atom. The molecule has 4 rings (SSSR count). The lowest BCUT2D eigenvalue weighted by atomic mass is 10.2. The van der Waals surface area contributed by atoms with Crippen LogP contribution in [0.4, 0.5) is 14.7 Å². The number of rotatable bonds is 2. The van der Waals surface area contributed by atoms with Crippen LogP contribution in [0.15, 0.2) is 47.3 Å². The molecule has 2 aromatic carbocycles. The zero-order valence-corrected chi connectivity index (χ0v) is 12.3. The summed E-state index contributed by atoms with van der Waals surface area (Å²) >= 11 is 0. The maximum absolute atomic E-state index is 13.6. The monoisotopic (exact) mass is 327 g/mol. The van der Waals surface area contributed by atoms with E-state index >= 15 is 0 Å². The summed E-state index contributed by atoms with van der Waals surface area (Å²) < 4.78 is 29.3. The van der Waals surface area contributed by atoms with Gasteiger partial charge in [-0.2, -0.15) is 0 Å². The van der Waals surface area contributed by atoms with Crippen LogP contribution in [0.2, 0.25) is 0 Å². The quantitative estimate of drug-likeness (QED) is 0.610. The maximum Gasteiger partial charge on any atom is 0.353 e. The first-order valence-electron chi connectivity index (χ1n) is 7.12. The predicted molar refractivity (Wildman–Crippen MR) is 84.6 cm³/mol. The van der Waals surface area contributed by atoms with E-state index in [0.717, 1.165) is 22.1 Å². The van der Waals surface area contributed by atoms with Gasteiger partial charge in [0.05, 0.1) is 12.1 Å². The fourth-order valence-corrected chi connectivity index (χ4v) is 2.63. The molecule has 0 saturated carbocycles. The second-order valence-electron chi connectivity index (χ2n) is 5.34. The Labute approximate surface area is 133 Å². The SMILES string of the molecule is Nc1nc2cc(F)c(F)cc2c2nn(Cc3ccccc3)c(=O)n12. The number of benzene rings is 2. The molecule has 2 N–H and O–H groups in total. The molecule has 8 heteroatoms. The third-order valence-corrected chi connectivity index (χ3v) is 3.76. The molecule has 0 aliphatic carbocycles. The minimum Gasteiger partial charge on any atom is -0.369 e. The maximum atomic E-state index is 13.6. The third kappa shape index (κ3) is 2.11. The topological polar surface area (TPSA) is 78.2 Å². The minimum absolute atomic E-state index is 0.132. The molecule has 0 atom stereocenters. The van der Waals surface area contributed by atoms with Crippen molar-refractivity contribution in [3.63, 3.8) is 0 Å². The second-order valence-corrected chi connectivity index (χ2v) is 5.34. The Kier molecular flexibility index (Phi) is 3.05. The molecule has 0 radical (unpaired) electrons. The Balaban J connectivity index is 2.00. The van der Waals surface area contributed by atoms with Crippen molar-refractivity contribution >= 4 is 22.5 Å². The molecular formula is C16H11F2N5O. The molecule has 120 valence electrons. The van der Waals surface area contributed by atoms with Gasteiger partial charge in [0.2, 0.25) is 5.95 Å². The molecule has 0 amide bonds. The average Bonchev–Trinajstić information content (AvgIpc) is 2.88. The number of hydrogen-bond acceptors (Lipinski definition) is 4. The highest BCUT2D eigenvalue weighted by Gasteiger charge is 2.16. The van der Waals surface area contributed by atoms with Crippen LogP contribution in [0, 0.1) is 11.6 Å². The Morgan fingerprint density at radius 1 is 1.08 bits per heavy atom. The molecule has 2 heterocycles. The van der Waals surface area contributed by atoms with Gasteiger partial charge < -0.3 is 5.73 Å². The summed E-state index contributed by atoms with van der Waals surface area (Å²) in [5.41, 5.74) is 6.45. The van der Waals surface area contributed by atoms with Crippen molar-refractivity contribution < 1.29 is 8.78 Å². The van der Waals surface area contributed by atoms with Crippen LogP contribution in [-0.2, 0) is 6.54 Å². The van der Waals surface area contributed by atoms with Gasteiger partial charge in [-0.1, -0.05) is 30.3 Å². The van der Waals surface area contributed by atoms with Crippen LogP contribution < -0.4 is 11.4 Å². The molecule has 0 saturated heterocycles. The van der Waals surface area contributed by atoms with Crippen LogP contribution in [0.25, 0.3) is 16.6 Å². The van der Waals surface area contributed by atoms with Gasteiger partial charge >= 0.3 is 5.69 Å². The third-order valence-electron chi connectivity index (χ3n) is 3.76. The lowest BCUT2D eigenvalue weighted by Crippen LogP contribution is -2.23. The Bertz CT molecular complexity index is 1130. The van der Waals surface area contributed by atoms with Crippen molar-refractivity contribution in [2.24, 2.45) is 0 Å². The lowest BCUT2D eigenvalue weighted by Gasteiger charge is -2.02. The number of fused-ring (bicyclic) bond motifs is 3. The first-order chi connectivity index (χ1) is 11.5. The minimum atomic E-state index is -1.04. The van der Waals surface area contributed by atoms with Gasteiger partial charge in [-0.3, -0.25) is 0 Å². The number of hydrogen-bond donors (Lipinski definition) is 1. The first kappa shape index (κ1) is 14.3. The molecule has 24 heavy (non-hydrogen) atoms. The molecule has 0 unspecified atom stereocenters. The van der Waals surface area contributed by atoms with E-state index < -0.39 is 17.3 Å². The van der Waals surface area contributed by atoms with Crippen molar-refractivity contribution in [1.82, 2.24) is 19.2 Å². The standard InChI is InChI=1S/C16H11F2N5O/c17-11-6-10-13(7-12(11)18)20-15(19)23-14(10)21-22(16(23)24)8-9-4-2-1-3-5-9/h1-7H,8H2,(H2,19,20). The molecule has 0 aliphatic rings. The van der Waals surface area contributed by atoms with Gasteiger partial charge in [-0.05, 0) is 11.6 Å². The zero-order valence-electron chi connectivity index (χ0n) is 12.3. The average molecular weight is 327 g/mol. The molecule has 0 spiro atoms. The highest BCUT2D eigenvalue weighted by atomic mass is 19.2. The van der Waals surface area contributed by atoms with Gasteiger partial charge in [0.1, 0.15) is 0 Å². The van der Waals surface area contributed by atoms with Gasteiger partial charge in [0.15, 0.2) is 17.3 Å². The van der Waals surface area contributed by atoms with Gasteiger partial charge in [-0.25, -0.2) is 27.6 Å². The van der Waals surface area contributed by atoms with Crippen molar-refractivity contribution in [3.8, 4) is 0 Å². The largest absolute Gasteiger partial charge is 0.369 e. The molecule has 4 aromatic rings. The molecule has 0 aliphatic heterocycles. The van der Waals surface area contributed by atoms with Gasteiger partial charge in [0.25, 0.3) is 0 Å². The number of nitrogens with zero attached hydrogens (tertiary/aromatic N) is 4. The van der Waals surface area contributed by atoms with Crippen LogP contribution >= 0.6 is 0 Å². The highest BCUT2D eigenvalue weighted by molar-refractivity contribution is 5.92. The summed E-state index contributed by atoms with van der Waals surface area (Å²) in [5.74, 6) is -2.21. The Hall–Kier alpha value is -3.29. The number of anilines is 1. The van der Waals surface area contributed by atoms with E-state index in [1.54, 1.807) is 0 Å². The summed E-state index contributed by atoms with van der Waals surface area (Å²) in [5, 5.41) is 4.44. The molecule has 2 aromatic heterocycles. The summed E-state index contributed by atoms with van der Waals surface area (Å²) in [4.78, 5) is 16.5. The van der Waals surface area contributed by atoms with Gasteiger partial charge in [-0.15, -0.1) is 5.10 Å². The number of nitrogens with two attached hydrogens (primary N) is 1. The first-order valence-corrected chi connectivity index (χ1v) is 7.12. The smallest absolute Gasteiger partial charge is 0.353 e. The van der Waals surface area contributed by atoms with Crippen molar-refractivity contribution in [1.29, 1.82) is 0 Å². The van der Waals surface area contributed by atoms with Crippen molar-refractivity contribution in [3.05, 3.63) is 70.1 Å². The summed E-state index contributed by atoms with van der Waals surface area (Å²) in [6.07, 6.45) is 0. The van der Waals surface area contributed by atoms with E-state index in [9.17, 15) is 13.6 Å². The molecule has 0 bridgehead atoms. The van der Waals surface area contributed by atoms with Crippen molar-refractivity contribution in [2.45, 2.75) is 6.54 Å². The van der Waals surface area contributed by atoms with E-state index in [0.29, 0.717) is 0 Å². The highest BCUT2D eigenvalue weighted by Crippen LogP contribution is 2.21. The molecule has 0 fully saturated rings. The molecular weight excluding hydrogens is 316 g/mol. The number of halogens is 2. The van der Waals surface area contributed by atoms with E-state index in [1.165, 1.54) is 4.68 Å².